The van der Waals surface area contributed by atoms with Crippen LogP contribution in [-0.2, 0) is 15.6 Å². The second-order valence-corrected chi connectivity index (χ2v) is 6.31. The largest absolute Gasteiger partial charge is 0.397 e. The van der Waals surface area contributed by atoms with Gasteiger partial charge in [-0.15, -0.1) is 0 Å². The minimum atomic E-state index is -1.00. The van der Waals surface area contributed by atoms with Crippen LogP contribution in [0.4, 0.5) is 15.8 Å². The maximum absolute atomic E-state index is 12.8. The van der Waals surface area contributed by atoms with Crippen molar-refractivity contribution in [3.05, 3.63) is 24.0 Å². The highest BCUT2D eigenvalue weighted by molar-refractivity contribution is 7.85. The first-order chi connectivity index (χ1) is 8.93. The predicted octanol–water partition coefficient (Wildman–Crippen LogP) is 2.28. The molecule has 1 rings (SSSR count). The van der Waals surface area contributed by atoms with Crippen LogP contribution in [0.5, 0.6) is 0 Å². The number of hydrogen-bond acceptors (Lipinski definition) is 3. The van der Waals surface area contributed by atoms with Gasteiger partial charge in [0, 0.05) is 28.2 Å². The molecule has 0 saturated heterocycles. The quantitative estimate of drug-likeness (QED) is 0.788. The molecule has 106 valence electrons. The molecule has 0 heterocycles. The zero-order chi connectivity index (χ0) is 14.4. The highest BCUT2D eigenvalue weighted by atomic mass is 32.2. The standard InChI is InChI=1S/C13H19FN2O2S/c1-3-9(2)19(18)7-6-13(17)16-12-5-4-10(14)8-11(12)15/h4-5,8-9H,3,6-7,15H2,1-2H3,(H,16,17). The lowest BCUT2D eigenvalue weighted by molar-refractivity contribution is -0.115. The van der Waals surface area contributed by atoms with Gasteiger partial charge in [-0.1, -0.05) is 13.8 Å². The van der Waals surface area contributed by atoms with Gasteiger partial charge in [0.2, 0.25) is 5.91 Å². The summed E-state index contributed by atoms with van der Waals surface area (Å²) in [6, 6.07) is 3.78. The summed E-state index contributed by atoms with van der Waals surface area (Å²) < 4.78 is 24.5. The third kappa shape index (κ3) is 4.98. The Labute approximate surface area is 115 Å². The number of carbonyl (C=O) groups excluding carboxylic acids is 1. The first kappa shape index (κ1) is 15.6. The zero-order valence-corrected chi connectivity index (χ0v) is 11.9. The Hall–Kier alpha value is -1.43. The van der Waals surface area contributed by atoms with Crippen LogP contribution in [0.2, 0.25) is 0 Å². The van der Waals surface area contributed by atoms with Gasteiger partial charge in [-0.3, -0.25) is 9.00 Å². The monoisotopic (exact) mass is 286 g/mol. The fourth-order valence-electron chi connectivity index (χ4n) is 1.44. The van der Waals surface area contributed by atoms with Crippen LogP contribution in [0.15, 0.2) is 18.2 Å². The molecule has 2 atom stereocenters. The molecule has 2 unspecified atom stereocenters. The van der Waals surface area contributed by atoms with Crippen LogP contribution < -0.4 is 11.1 Å². The van der Waals surface area contributed by atoms with Gasteiger partial charge in [-0.25, -0.2) is 4.39 Å². The Bertz CT molecular complexity index is 480. The summed E-state index contributed by atoms with van der Waals surface area (Å²) in [5, 5.41) is 2.67. The Balaban J connectivity index is 2.49. The Morgan fingerprint density at radius 3 is 2.79 bits per heavy atom. The van der Waals surface area contributed by atoms with Crippen LogP contribution in [0.3, 0.4) is 0 Å². The third-order valence-corrected chi connectivity index (χ3v) is 4.68. The number of amides is 1. The molecule has 0 bridgehead atoms. The number of nitrogens with one attached hydrogen (secondary N) is 1. The van der Waals surface area contributed by atoms with Crippen LogP contribution in [0.1, 0.15) is 26.7 Å². The number of nitrogen functional groups attached to an aromatic ring is 1. The van der Waals surface area contributed by atoms with E-state index < -0.39 is 16.6 Å². The van der Waals surface area contributed by atoms with E-state index in [1.165, 1.54) is 12.1 Å². The summed E-state index contributed by atoms with van der Waals surface area (Å²) in [6.07, 6.45) is 0.979. The molecule has 0 radical (unpaired) electrons. The molecule has 0 aromatic heterocycles. The van der Waals surface area contributed by atoms with Gasteiger partial charge in [-0.2, -0.15) is 0 Å². The summed E-state index contributed by atoms with van der Waals surface area (Å²) in [7, 11) is -1.00. The lowest BCUT2D eigenvalue weighted by Gasteiger charge is -2.10. The SMILES string of the molecule is CCC(C)S(=O)CCC(=O)Nc1ccc(F)cc1N. The summed E-state index contributed by atoms with van der Waals surface area (Å²) in [4.78, 5) is 11.7. The van der Waals surface area contributed by atoms with E-state index in [0.717, 1.165) is 12.5 Å². The van der Waals surface area contributed by atoms with E-state index in [4.69, 9.17) is 5.73 Å². The van der Waals surface area contributed by atoms with E-state index in [-0.39, 0.29) is 23.3 Å². The molecular formula is C13H19FN2O2S. The predicted molar refractivity (Wildman–Crippen MR) is 76.8 cm³/mol. The number of halogens is 1. The van der Waals surface area contributed by atoms with E-state index in [9.17, 15) is 13.4 Å². The number of nitrogens with two attached hydrogens (primary N) is 1. The van der Waals surface area contributed by atoms with E-state index in [0.29, 0.717) is 11.4 Å². The number of anilines is 2. The lowest BCUT2D eigenvalue weighted by atomic mass is 10.2. The van der Waals surface area contributed by atoms with Gasteiger partial charge in [0.25, 0.3) is 0 Å². The average Bonchev–Trinajstić information content (AvgIpc) is 2.38. The van der Waals surface area contributed by atoms with Gasteiger partial charge < -0.3 is 11.1 Å². The summed E-state index contributed by atoms with van der Waals surface area (Å²) in [6.45, 7) is 3.85. The van der Waals surface area contributed by atoms with Crippen molar-refractivity contribution in [2.75, 3.05) is 16.8 Å². The van der Waals surface area contributed by atoms with Crippen molar-refractivity contribution in [2.24, 2.45) is 0 Å². The van der Waals surface area contributed by atoms with Crippen molar-refractivity contribution in [1.29, 1.82) is 0 Å². The Kier molecular flexibility index (Phi) is 5.95. The average molecular weight is 286 g/mol. The molecule has 0 spiro atoms. The van der Waals surface area contributed by atoms with E-state index >= 15 is 0 Å². The summed E-state index contributed by atoms with van der Waals surface area (Å²) >= 11 is 0. The number of benzene rings is 1. The van der Waals surface area contributed by atoms with Gasteiger partial charge in [0.15, 0.2) is 0 Å². The molecule has 0 aliphatic heterocycles. The minimum Gasteiger partial charge on any atom is -0.397 e. The molecular weight excluding hydrogens is 267 g/mol. The van der Waals surface area contributed by atoms with Crippen molar-refractivity contribution in [3.8, 4) is 0 Å². The molecule has 1 amide bonds. The first-order valence-corrected chi connectivity index (χ1v) is 7.54. The zero-order valence-electron chi connectivity index (χ0n) is 11.1. The second-order valence-electron chi connectivity index (χ2n) is 4.33. The van der Waals surface area contributed by atoms with Gasteiger partial charge in [0.1, 0.15) is 5.82 Å². The molecule has 1 aromatic rings. The maximum atomic E-state index is 12.8. The van der Waals surface area contributed by atoms with Crippen LogP contribution in [0.25, 0.3) is 0 Å². The molecule has 6 heteroatoms. The molecule has 4 nitrogen and oxygen atoms in total. The number of rotatable bonds is 6. The van der Waals surface area contributed by atoms with Gasteiger partial charge >= 0.3 is 0 Å². The highest BCUT2D eigenvalue weighted by Crippen LogP contribution is 2.19. The number of carbonyl (C=O) groups is 1. The number of hydrogen-bond donors (Lipinski definition) is 2. The van der Waals surface area contributed by atoms with Crippen molar-refractivity contribution >= 4 is 28.1 Å². The van der Waals surface area contributed by atoms with Gasteiger partial charge in [0.05, 0.1) is 11.4 Å². The van der Waals surface area contributed by atoms with Crippen molar-refractivity contribution in [3.63, 3.8) is 0 Å². The van der Waals surface area contributed by atoms with E-state index in [1.807, 2.05) is 13.8 Å². The van der Waals surface area contributed by atoms with Gasteiger partial charge in [-0.05, 0) is 24.6 Å². The fraction of sp³-hybridized carbons (Fsp3) is 0.462. The molecule has 3 N–H and O–H groups in total. The van der Waals surface area contributed by atoms with Crippen LogP contribution >= 0.6 is 0 Å². The molecule has 0 saturated carbocycles. The Morgan fingerprint density at radius 2 is 2.21 bits per heavy atom. The third-order valence-electron chi connectivity index (χ3n) is 2.84. The van der Waals surface area contributed by atoms with Crippen molar-refractivity contribution in [1.82, 2.24) is 0 Å². The van der Waals surface area contributed by atoms with E-state index in [2.05, 4.69) is 5.32 Å². The minimum absolute atomic E-state index is 0.0868. The topological polar surface area (TPSA) is 72.2 Å². The Morgan fingerprint density at radius 1 is 1.53 bits per heavy atom. The first-order valence-electron chi connectivity index (χ1n) is 6.16. The van der Waals surface area contributed by atoms with Crippen LogP contribution in [0, 0.1) is 5.82 Å². The lowest BCUT2D eigenvalue weighted by Crippen LogP contribution is -2.19. The summed E-state index contributed by atoms with van der Waals surface area (Å²) in [5.41, 5.74) is 6.13. The molecule has 19 heavy (non-hydrogen) atoms. The maximum Gasteiger partial charge on any atom is 0.225 e. The summed E-state index contributed by atoms with van der Waals surface area (Å²) in [5.74, 6) is -0.398. The molecule has 1 aromatic carbocycles. The molecule has 0 fully saturated rings. The highest BCUT2D eigenvalue weighted by Gasteiger charge is 2.12. The molecule has 0 aliphatic rings. The smallest absolute Gasteiger partial charge is 0.225 e. The normalized spacial score (nSPS) is 13.8. The fourth-order valence-corrected chi connectivity index (χ4v) is 2.60. The van der Waals surface area contributed by atoms with E-state index in [1.54, 1.807) is 0 Å². The van der Waals surface area contributed by atoms with Crippen molar-refractivity contribution < 1.29 is 13.4 Å². The molecule has 0 aliphatic carbocycles. The second kappa shape index (κ2) is 7.23. The van der Waals surface area contributed by atoms with Crippen LogP contribution in [-0.4, -0.2) is 21.1 Å². The van der Waals surface area contributed by atoms with Crippen molar-refractivity contribution in [2.45, 2.75) is 31.9 Å².